The largest absolute Gasteiger partial charge is 0.497 e. The number of hydrogen-bond donors (Lipinski definition) is 1. The molecule has 0 saturated heterocycles. The molecule has 0 radical (unpaired) electrons. The molecule has 0 saturated carbocycles. The molecule has 0 aliphatic carbocycles. The molecular formula is C19H18Cl2N2O3. The van der Waals surface area contributed by atoms with E-state index >= 15 is 0 Å². The first-order valence-corrected chi connectivity index (χ1v) is 8.60. The average molecular weight is 393 g/mol. The van der Waals surface area contributed by atoms with Gasteiger partial charge in [-0.2, -0.15) is 5.26 Å². The minimum absolute atomic E-state index is 0.237. The molecule has 0 bridgehead atoms. The van der Waals surface area contributed by atoms with Gasteiger partial charge in [0.15, 0.2) is 0 Å². The summed E-state index contributed by atoms with van der Waals surface area (Å²) in [7, 11) is 1.58. The third-order valence-corrected chi connectivity index (χ3v) is 4.55. The van der Waals surface area contributed by atoms with Crippen LogP contribution < -0.4 is 10.1 Å². The van der Waals surface area contributed by atoms with Gasteiger partial charge in [-0.3, -0.25) is 4.79 Å². The van der Waals surface area contributed by atoms with Gasteiger partial charge in [0, 0.05) is 5.56 Å². The molecule has 2 atom stereocenters. The van der Waals surface area contributed by atoms with Crippen molar-refractivity contribution in [3.8, 4) is 11.8 Å². The van der Waals surface area contributed by atoms with Gasteiger partial charge < -0.3 is 14.8 Å². The highest BCUT2D eigenvalue weighted by atomic mass is 35.5. The van der Waals surface area contributed by atoms with E-state index in [0.717, 1.165) is 5.56 Å². The molecule has 5 nitrogen and oxygen atoms in total. The predicted molar refractivity (Wildman–Crippen MR) is 100 cm³/mol. The van der Waals surface area contributed by atoms with Crippen LogP contribution >= 0.6 is 23.2 Å². The fraction of sp³-hybridized carbons (Fsp3) is 0.263. The van der Waals surface area contributed by atoms with Crippen LogP contribution in [0.15, 0.2) is 42.5 Å². The lowest BCUT2D eigenvalue weighted by atomic mass is 10.1. The zero-order valence-electron chi connectivity index (χ0n) is 14.3. The molecule has 0 spiro atoms. The third-order valence-electron chi connectivity index (χ3n) is 3.71. The normalized spacial score (nSPS) is 12.7. The van der Waals surface area contributed by atoms with Crippen LogP contribution in [0.2, 0.25) is 10.0 Å². The predicted octanol–water partition coefficient (Wildman–Crippen LogP) is 4.29. The molecule has 2 unspecified atom stereocenters. The maximum atomic E-state index is 12.3. The van der Waals surface area contributed by atoms with E-state index in [9.17, 15) is 10.1 Å². The number of nitrogens with one attached hydrogen (secondary N) is 1. The second kappa shape index (κ2) is 9.44. The minimum atomic E-state index is -0.920. The molecule has 2 rings (SSSR count). The summed E-state index contributed by atoms with van der Waals surface area (Å²) in [5.74, 6) is 0.291. The summed E-state index contributed by atoms with van der Waals surface area (Å²) in [4.78, 5) is 12.3. The number of benzene rings is 2. The second-order valence-corrected chi connectivity index (χ2v) is 6.30. The maximum absolute atomic E-state index is 12.3. The highest BCUT2D eigenvalue weighted by molar-refractivity contribution is 6.42. The summed E-state index contributed by atoms with van der Waals surface area (Å²) in [5, 5.41) is 12.5. The van der Waals surface area contributed by atoms with Crippen molar-refractivity contribution in [2.24, 2.45) is 0 Å². The highest BCUT2D eigenvalue weighted by Gasteiger charge is 2.21. The van der Waals surface area contributed by atoms with Crippen LogP contribution in [-0.2, 0) is 16.1 Å². The molecule has 2 aromatic carbocycles. The van der Waals surface area contributed by atoms with Crippen molar-refractivity contribution in [1.82, 2.24) is 5.32 Å². The quantitative estimate of drug-likeness (QED) is 0.762. The summed E-state index contributed by atoms with van der Waals surface area (Å²) in [6.45, 7) is 1.85. The highest BCUT2D eigenvalue weighted by Crippen LogP contribution is 2.29. The fourth-order valence-corrected chi connectivity index (χ4v) is 2.66. The first kappa shape index (κ1) is 20.1. The van der Waals surface area contributed by atoms with Gasteiger partial charge in [0.25, 0.3) is 0 Å². The molecule has 7 heteroatoms. The zero-order valence-corrected chi connectivity index (χ0v) is 15.8. The van der Waals surface area contributed by atoms with Crippen molar-refractivity contribution < 1.29 is 14.3 Å². The molecule has 0 fully saturated rings. The number of nitriles is 1. The molecule has 0 aromatic heterocycles. The smallest absolute Gasteiger partial charge is 0.250 e. The van der Waals surface area contributed by atoms with Crippen LogP contribution in [0.25, 0.3) is 0 Å². The Morgan fingerprint density at radius 3 is 2.69 bits per heavy atom. The molecular weight excluding hydrogens is 375 g/mol. The summed E-state index contributed by atoms with van der Waals surface area (Å²) in [6, 6.07) is 13.4. The number of hydrogen-bond acceptors (Lipinski definition) is 4. The molecule has 0 aliphatic rings. The van der Waals surface area contributed by atoms with Crippen LogP contribution in [0, 0.1) is 11.3 Å². The summed E-state index contributed by atoms with van der Waals surface area (Å²) < 4.78 is 10.7. The Labute approximate surface area is 162 Å². The number of rotatable bonds is 7. The third kappa shape index (κ3) is 5.12. The van der Waals surface area contributed by atoms with Gasteiger partial charge in [-0.1, -0.05) is 47.5 Å². The molecule has 2 aromatic rings. The van der Waals surface area contributed by atoms with Crippen molar-refractivity contribution in [3.63, 3.8) is 0 Å². The summed E-state index contributed by atoms with van der Waals surface area (Å²) >= 11 is 12.1. The van der Waals surface area contributed by atoms with Crippen molar-refractivity contribution in [2.45, 2.75) is 25.7 Å². The Morgan fingerprint density at radius 1 is 1.27 bits per heavy atom. The summed E-state index contributed by atoms with van der Waals surface area (Å²) in [6.07, 6.45) is -0.755. The van der Waals surface area contributed by atoms with Crippen LogP contribution in [0.4, 0.5) is 0 Å². The number of methoxy groups -OCH3 is 1. The molecule has 0 aliphatic heterocycles. The van der Waals surface area contributed by atoms with Gasteiger partial charge in [-0.25, -0.2) is 0 Å². The maximum Gasteiger partial charge on any atom is 0.250 e. The number of halogens is 2. The average Bonchev–Trinajstić information content (AvgIpc) is 2.66. The van der Waals surface area contributed by atoms with E-state index in [1.54, 1.807) is 32.2 Å². The van der Waals surface area contributed by atoms with E-state index in [1.807, 2.05) is 30.3 Å². The van der Waals surface area contributed by atoms with Crippen LogP contribution in [0.1, 0.15) is 24.1 Å². The fourth-order valence-electron chi connectivity index (χ4n) is 2.24. The molecule has 26 heavy (non-hydrogen) atoms. The topological polar surface area (TPSA) is 71.3 Å². The lowest BCUT2D eigenvalue weighted by molar-refractivity contribution is -0.132. The lowest BCUT2D eigenvalue weighted by Gasteiger charge is -2.18. The van der Waals surface area contributed by atoms with Gasteiger partial charge in [0.05, 0.1) is 29.8 Å². The van der Waals surface area contributed by atoms with Crippen molar-refractivity contribution in [2.75, 3.05) is 7.11 Å². The number of amides is 1. The summed E-state index contributed by atoms with van der Waals surface area (Å²) in [5.41, 5.74) is 1.31. The van der Waals surface area contributed by atoms with Gasteiger partial charge in [0.2, 0.25) is 5.91 Å². The SMILES string of the molecule is COc1cccc(COC(C)C(=O)NC(C#N)c2cccc(Cl)c2Cl)c1. The van der Waals surface area contributed by atoms with Gasteiger partial charge in [-0.05, 0) is 30.7 Å². The van der Waals surface area contributed by atoms with E-state index in [0.29, 0.717) is 16.3 Å². The van der Waals surface area contributed by atoms with Crippen molar-refractivity contribution in [1.29, 1.82) is 5.26 Å². The van der Waals surface area contributed by atoms with Gasteiger partial charge >= 0.3 is 0 Å². The number of nitrogens with zero attached hydrogens (tertiary/aromatic N) is 1. The van der Waals surface area contributed by atoms with E-state index < -0.39 is 18.1 Å². The van der Waals surface area contributed by atoms with Gasteiger partial charge in [0.1, 0.15) is 17.9 Å². The van der Waals surface area contributed by atoms with E-state index in [4.69, 9.17) is 32.7 Å². The molecule has 1 amide bonds. The van der Waals surface area contributed by atoms with Crippen molar-refractivity contribution >= 4 is 29.1 Å². The molecule has 1 N–H and O–H groups in total. The Bertz CT molecular complexity index is 821. The Hall–Kier alpha value is -2.26. The Balaban J connectivity index is 1.98. The van der Waals surface area contributed by atoms with E-state index in [2.05, 4.69) is 5.32 Å². The standard InChI is InChI=1S/C19H18Cl2N2O3/c1-12(26-11-13-5-3-6-14(9-13)25-2)19(24)23-17(10-22)15-7-4-8-16(20)18(15)21/h3-9,12,17H,11H2,1-2H3,(H,23,24). The first-order chi connectivity index (χ1) is 12.5. The van der Waals surface area contributed by atoms with Gasteiger partial charge in [-0.15, -0.1) is 0 Å². The van der Waals surface area contributed by atoms with Crippen LogP contribution in [0.3, 0.4) is 0 Å². The van der Waals surface area contributed by atoms with E-state index in [-0.39, 0.29) is 11.6 Å². The number of carbonyl (C=O) groups excluding carboxylic acids is 1. The Kier molecular flexibility index (Phi) is 7.28. The first-order valence-electron chi connectivity index (χ1n) is 7.84. The van der Waals surface area contributed by atoms with Crippen LogP contribution in [0.5, 0.6) is 5.75 Å². The van der Waals surface area contributed by atoms with E-state index in [1.165, 1.54) is 0 Å². The Morgan fingerprint density at radius 2 is 2.00 bits per heavy atom. The number of ether oxygens (including phenoxy) is 2. The monoisotopic (exact) mass is 392 g/mol. The lowest BCUT2D eigenvalue weighted by Crippen LogP contribution is -2.36. The van der Waals surface area contributed by atoms with Crippen molar-refractivity contribution in [3.05, 3.63) is 63.6 Å². The van der Waals surface area contributed by atoms with Crippen LogP contribution in [-0.4, -0.2) is 19.1 Å². The number of carbonyl (C=O) groups is 1. The zero-order chi connectivity index (χ0) is 19.1. The minimum Gasteiger partial charge on any atom is -0.497 e. The second-order valence-electron chi connectivity index (χ2n) is 5.52. The molecule has 0 heterocycles. The molecule has 136 valence electrons.